The van der Waals surface area contributed by atoms with Crippen LogP contribution in [0.2, 0.25) is 0 Å². The summed E-state index contributed by atoms with van der Waals surface area (Å²) >= 11 is 0. The summed E-state index contributed by atoms with van der Waals surface area (Å²) in [5.74, 6) is 1.32. The van der Waals surface area contributed by atoms with Crippen LogP contribution in [0.4, 0.5) is 5.82 Å². The van der Waals surface area contributed by atoms with Crippen LogP contribution in [-0.4, -0.2) is 33.9 Å². The number of hydrogen-bond donors (Lipinski definition) is 1. The Morgan fingerprint density at radius 1 is 0.966 bits per heavy atom. The molecule has 0 atom stereocenters. The van der Waals surface area contributed by atoms with Crippen molar-refractivity contribution in [2.75, 3.05) is 18.0 Å². The van der Waals surface area contributed by atoms with E-state index in [4.69, 9.17) is 0 Å². The second-order valence-electron chi connectivity index (χ2n) is 7.42. The van der Waals surface area contributed by atoms with Gasteiger partial charge >= 0.3 is 0 Å². The molecule has 0 bridgehead atoms. The van der Waals surface area contributed by atoms with Crippen molar-refractivity contribution in [3.63, 3.8) is 0 Å². The molecule has 3 aromatic rings. The van der Waals surface area contributed by atoms with Crippen LogP contribution in [0.5, 0.6) is 0 Å². The van der Waals surface area contributed by atoms with E-state index in [0.717, 1.165) is 43.7 Å². The summed E-state index contributed by atoms with van der Waals surface area (Å²) in [5.41, 5.74) is 2.69. The van der Waals surface area contributed by atoms with Gasteiger partial charge in [0.25, 0.3) is 5.91 Å². The van der Waals surface area contributed by atoms with Gasteiger partial charge in [-0.1, -0.05) is 36.4 Å². The van der Waals surface area contributed by atoms with Crippen LogP contribution in [0, 0.1) is 5.92 Å². The molecule has 1 amide bonds. The van der Waals surface area contributed by atoms with Gasteiger partial charge in [0.2, 0.25) is 0 Å². The fourth-order valence-electron chi connectivity index (χ4n) is 3.69. The van der Waals surface area contributed by atoms with Gasteiger partial charge in [-0.25, -0.2) is 9.97 Å². The number of piperidine rings is 1. The van der Waals surface area contributed by atoms with E-state index in [-0.39, 0.29) is 5.91 Å². The Morgan fingerprint density at radius 3 is 2.45 bits per heavy atom. The molecule has 1 N–H and O–H groups in total. The maximum Gasteiger partial charge on any atom is 0.271 e. The third kappa shape index (κ3) is 5.16. The van der Waals surface area contributed by atoms with Crippen molar-refractivity contribution in [3.8, 4) is 0 Å². The van der Waals surface area contributed by atoms with Crippen LogP contribution < -0.4 is 10.2 Å². The van der Waals surface area contributed by atoms with E-state index in [0.29, 0.717) is 18.2 Å². The Balaban J connectivity index is 1.27. The van der Waals surface area contributed by atoms with E-state index in [1.165, 1.54) is 5.56 Å². The number of anilines is 1. The zero-order chi connectivity index (χ0) is 19.9. The van der Waals surface area contributed by atoms with Crippen molar-refractivity contribution in [3.05, 3.63) is 84.1 Å². The Labute approximate surface area is 171 Å². The van der Waals surface area contributed by atoms with Crippen LogP contribution in [0.25, 0.3) is 0 Å². The number of hydrogen-bond acceptors (Lipinski definition) is 5. The summed E-state index contributed by atoms with van der Waals surface area (Å²) in [4.78, 5) is 27.4. The van der Waals surface area contributed by atoms with Crippen LogP contribution in [0.1, 0.15) is 34.5 Å². The van der Waals surface area contributed by atoms with E-state index in [1.54, 1.807) is 24.8 Å². The smallest absolute Gasteiger partial charge is 0.271 e. The highest BCUT2D eigenvalue weighted by Crippen LogP contribution is 2.24. The minimum Gasteiger partial charge on any atom is -0.355 e. The molecular formula is C23H25N5O. The van der Waals surface area contributed by atoms with Crippen molar-refractivity contribution in [1.29, 1.82) is 0 Å². The lowest BCUT2D eigenvalue weighted by Crippen LogP contribution is -2.35. The van der Waals surface area contributed by atoms with Gasteiger partial charge in [-0.3, -0.25) is 9.78 Å². The van der Waals surface area contributed by atoms with E-state index in [9.17, 15) is 4.79 Å². The fourth-order valence-corrected chi connectivity index (χ4v) is 3.69. The van der Waals surface area contributed by atoms with E-state index >= 15 is 0 Å². The first-order valence-electron chi connectivity index (χ1n) is 10.1. The molecule has 1 saturated heterocycles. The average molecular weight is 387 g/mol. The highest BCUT2D eigenvalue weighted by atomic mass is 16.1. The van der Waals surface area contributed by atoms with Gasteiger partial charge in [-0.15, -0.1) is 0 Å². The zero-order valence-electron chi connectivity index (χ0n) is 16.4. The monoisotopic (exact) mass is 387 g/mol. The lowest BCUT2D eigenvalue weighted by atomic mass is 9.90. The number of carbonyl (C=O) groups excluding carboxylic acids is 1. The van der Waals surface area contributed by atoms with E-state index < -0.39 is 0 Å². The third-order valence-electron chi connectivity index (χ3n) is 5.35. The average Bonchev–Trinajstić information content (AvgIpc) is 2.79. The number of nitrogens with zero attached hydrogens (tertiary/aromatic N) is 4. The molecule has 0 unspecified atom stereocenters. The Hall–Kier alpha value is -3.28. The summed E-state index contributed by atoms with van der Waals surface area (Å²) in [6.45, 7) is 2.36. The molecule has 0 aliphatic carbocycles. The topological polar surface area (TPSA) is 71.0 Å². The first-order chi connectivity index (χ1) is 14.3. The van der Waals surface area contributed by atoms with Gasteiger partial charge in [0.05, 0.1) is 12.4 Å². The van der Waals surface area contributed by atoms with Crippen LogP contribution in [0.15, 0.2) is 67.3 Å². The predicted molar refractivity (Wildman–Crippen MR) is 113 cm³/mol. The molecular weight excluding hydrogens is 362 g/mol. The molecule has 0 spiro atoms. The first-order valence-corrected chi connectivity index (χ1v) is 10.1. The number of pyridine rings is 1. The minimum atomic E-state index is -0.227. The van der Waals surface area contributed by atoms with Crippen molar-refractivity contribution >= 4 is 11.7 Å². The molecule has 0 saturated carbocycles. The van der Waals surface area contributed by atoms with Crippen molar-refractivity contribution in [2.24, 2.45) is 5.92 Å². The second kappa shape index (κ2) is 9.28. The molecule has 6 heteroatoms. The van der Waals surface area contributed by atoms with Crippen LogP contribution in [0.3, 0.4) is 0 Å². The van der Waals surface area contributed by atoms with E-state index in [2.05, 4.69) is 55.5 Å². The zero-order valence-corrected chi connectivity index (χ0v) is 16.4. The van der Waals surface area contributed by atoms with Gasteiger partial charge in [0, 0.05) is 32.0 Å². The fraction of sp³-hybridized carbons (Fsp3) is 0.304. The van der Waals surface area contributed by atoms with Crippen molar-refractivity contribution < 1.29 is 4.79 Å². The SMILES string of the molecule is O=C(NCc1cccnc1)c1cnc(N2CCC(Cc3ccccc3)CC2)cn1. The van der Waals surface area contributed by atoms with Crippen LogP contribution >= 0.6 is 0 Å². The number of rotatable bonds is 6. The van der Waals surface area contributed by atoms with Gasteiger partial charge in [-0.2, -0.15) is 0 Å². The molecule has 0 radical (unpaired) electrons. The quantitative estimate of drug-likeness (QED) is 0.703. The molecule has 1 aromatic carbocycles. The Bertz CT molecular complexity index is 907. The number of amides is 1. The number of nitrogens with one attached hydrogen (secondary N) is 1. The molecule has 148 valence electrons. The summed E-state index contributed by atoms with van der Waals surface area (Å²) in [6, 6.07) is 14.4. The maximum absolute atomic E-state index is 12.3. The van der Waals surface area contributed by atoms with E-state index in [1.807, 2.05) is 12.1 Å². The Kier molecular flexibility index (Phi) is 6.10. The van der Waals surface area contributed by atoms with Gasteiger partial charge < -0.3 is 10.2 Å². The predicted octanol–water partition coefficient (Wildman–Crippen LogP) is 3.26. The standard InChI is InChI=1S/C23H25N5O/c29-23(27-15-20-7-4-10-24-14-20)21-16-26-22(17-25-21)28-11-8-19(9-12-28)13-18-5-2-1-3-6-18/h1-7,10,14,16-17,19H,8-9,11-13,15H2,(H,27,29). The highest BCUT2D eigenvalue weighted by molar-refractivity contribution is 5.91. The molecule has 29 heavy (non-hydrogen) atoms. The Morgan fingerprint density at radius 2 is 1.76 bits per heavy atom. The summed E-state index contributed by atoms with van der Waals surface area (Å²) in [6.07, 6.45) is 10.1. The molecule has 3 heterocycles. The highest BCUT2D eigenvalue weighted by Gasteiger charge is 2.21. The number of carbonyl (C=O) groups is 1. The van der Waals surface area contributed by atoms with Gasteiger partial charge in [0.15, 0.2) is 0 Å². The first kappa shape index (κ1) is 19.1. The summed E-state index contributed by atoms with van der Waals surface area (Å²) < 4.78 is 0. The summed E-state index contributed by atoms with van der Waals surface area (Å²) in [7, 11) is 0. The molecule has 2 aromatic heterocycles. The van der Waals surface area contributed by atoms with Crippen LogP contribution in [-0.2, 0) is 13.0 Å². The van der Waals surface area contributed by atoms with Crippen molar-refractivity contribution in [2.45, 2.75) is 25.8 Å². The molecule has 4 rings (SSSR count). The van der Waals surface area contributed by atoms with Crippen molar-refractivity contribution in [1.82, 2.24) is 20.3 Å². The minimum absolute atomic E-state index is 0.227. The third-order valence-corrected chi connectivity index (χ3v) is 5.35. The molecule has 1 aliphatic rings. The maximum atomic E-state index is 12.3. The second-order valence-corrected chi connectivity index (χ2v) is 7.42. The summed E-state index contributed by atoms with van der Waals surface area (Å²) in [5, 5.41) is 2.85. The molecule has 6 nitrogen and oxygen atoms in total. The number of aromatic nitrogens is 3. The lowest BCUT2D eigenvalue weighted by molar-refractivity contribution is 0.0945. The number of benzene rings is 1. The molecule has 1 aliphatic heterocycles. The lowest BCUT2D eigenvalue weighted by Gasteiger charge is -2.32. The largest absolute Gasteiger partial charge is 0.355 e. The van der Waals surface area contributed by atoms with Gasteiger partial charge in [0.1, 0.15) is 11.5 Å². The molecule has 1 fully saturated rings. The normalized spacial score (nSPS) is 14.6. The van der Waals surface area contributed by atoms with Gasteiger partial charge in [-0.05, 0) is 42.4 Å².